The summed E-state index contributed by atoms with van der Waals surface area (Å²) in [6.07, 6.45) is 1.37. The van der Waals surface area contributed by atoms with E-state index in [0.29, 0.717) is 17.9 Å². The number of nitrogens with one attached hydrogen (secondary N) is 2. The van der Waals surface area contributed by atoms with E-state index in [1.165, 1.54) is 18.2 Å². The molecule has 1 saturated heterocycles. The molecule has 1 fully saturated rings. The van der Waals surface area contributed by atoms with Gasteiger partial charge in [-0.2, -0.15) is 4.98 Å². The number of halogens is 1. The van der Waals surface area contributed by atoms with Crippen LogP contribution in [0.3, 0.4) is 0 Å². The van der Waals surface area contributed by atoms with Crippen molar-refractivity contribution in [3.63, 3.8) is 0 Å². The molecule has 140 valence electrons. The first-order valence-electron chi connectivity index (χ1n) is 8.07. The maximum absolute atomic E-state index is 14.0. The van der Waals surface area contributed by atoms with Gasteiger partial charge in [0.1, 0.15) is 10.7 Å². The zero-order valence-electron chi connectivity index (χ0n) is 14.3. The third-order valence-electron chi connectivity index (χ3n) is 4.14. The van der Waals surface area contributed by atoms with Crippen molar-refractivity contribution in [3.05, 3.63) is 42.5 Å². The lowest BCUT2D eigenvalue weighted by atomic mass is 10.2. The fraction of sp³-hybridized carbons (Fsp3) is 0.375. The second kappa shape index (κ2) is 7.62. The predicted molar refractivity (Wildman–Crippen MR) is 93.3 cm³/mol. The summed E-state index contributed by atoms with van der Waals surface area (Å²) in [5, 5.41) is 7.25. The third-order valence-corrected chi connectivity index (χ3v) is 5.57. The molecule has 0 aliphatic carbocycles. The molecule has 8 nitrogen and oxygen atoms in total. The first-order chi connectivity index (χ1) is 12.4. The van der Waals surface area contributed by atoms with Crippen molar-refractivity contribution in [2.45, 2.75) is 10.9 Å². The van der Waals surface area contributed by atoms with Crippen LogP contribution < -0.4 is 10.0 Å². The van der Waals surface area contributed by atoms with Crippen LogP contribution in [0.2, 0.25) is 0 Å². The van der Waals surface area contributed by atoms with Crippen LogP contribution in [0.5, 0.6) is 0 Å². The van der Waals surface area contributed by atoms with Gasteiger partial charge < -0.3 is 9.84 Å². The molecule has 2 heterocycles. The molecule has 2 aromatic rings. The topological polar surface area (TPSA) is 100 Å². The summed E-state index contributed by atoms with van der Waals surface area (Å²) in [4.78, 5) is 5.98. The largest absolute Gasteiger partial charge is 0.334 e. The highest BCUT2D eigenvalue weighted by atomic mass is 32.2. The highest BCUT2D eigenvalue weighted by Gasteiger charge is 2.26. The van der Waals surface area contributed by atoms with Crippen LogP contribution in [0.15, 0.2) is 40.3 Å². The molecule has 1 unspecified atom stereocenters. The summed E-state index contributed by atoms with van der Waals surface area (Å²) >= 11 is 0. The zero-order chi connectivity index (χ0) is 18.7. The van der Waals surface area contributed by atoms with Gasteiger partial charge in [0.25, 0.3) is 5.89 Å². The molecule has 0 spiro atoms. The minimum Gasteiger partial charge on any atom is -0.334 e. The number of benzene rings is 1. The first kappa shape index (κ1) is 18.6. The second-order valence-corrected chi connectivity index (χ2v) is 7.68. The monoisotopic (exact) mass is 381 g/mol. The number of piperazine rings is 1. The van der Waals surface area contributed by atoms with Crippen molar-refractivity contribution in [1.82, 2.24) is 25.1 Å². The van der Waals surface area contributed by atoms with E-state index < -0.39 is 20.7 Å². The van der Waals surface area contributed by atoms with Crippen LogP contribution in [0.4, 0.5) is 4.39 Å². The minimum absolute atomic E-state index is 0.00226. The van der Waals surface area contributed by atoms with E-state index in [0.717, 1.165) is 19.2 Å². The third kappa shape index (κ3) is 3.83. The van der Waals surface area contributed by atoms with Crippen molar-refractivity contribution >= 4 is 10.0 Å². The maximum atomic E-state index is 14.0. The molecule has 3 rings (SSSR count). The molecule has 0 saturated carbocycles. The van der Waals surface area contributed by atoms with Crippen molar-refractivity contribution in [1.29, 1.82) is 0 Å². The van der Waals surface area contributed by atoms with Gasteiger partial charge in [-0.15, -0.1) is 6.58 Å². The smallest absolute Gasteiger partial charge is 0.258 e. The van der Waals surface area contributed by atoms with Gasteiger partial charge in [-0.05, 0) is 25.2 Å². The van der Waals surface area contributed by atoms with E-state index in [-0.39, 0.29) is 18.5 Å². The van der Waals surface area contributed by atoms with Crippen LogP contribution in [0, 0.1) is 5.82 Å². The molecule has 0 amide bonds. The Morgan fingerprint density at radius 3 is 3.08 bits per heavy atom. The van der Waals surface area contributed by atoms with Crippen molar-refractivity contribution in [3.8, 4) is 11.5 Å². The Morgan fingerprint density at radius 1 is 1.54 bits per heavy atom. The van der Waals surface area contributed by atoms with Crippen molar-refractivity contribution in [2.24, 2.45) is 0 Å². The number of aromatic nitrogens is 2. The summed E-state index contributed by atoms with van der Waals surface area (Å²) in [7, 11) is -2.04. The number of hydrogen-bond acceptors (Lipinski definition) is 7. The van der Waals surface area contributed by atoms with Gasteiger partial charge in [-0.1, -0.05) is 11.2 Å². The Morgan fingerprint density at radius 2 is 2.35 bits per heavy atom. The molecule has 10 heteroatoms. The standard InChI is InChI=1S/C16H20FN5O3S/c1-3-6-19-26(23,24)14-9-11(4-5-12(14)17)16-20-15(21-25-16)13-10-18-7-8-22(13)2/h3-5,9,13,18-19H,1,6-8,10H2,2H3. The van der Waals surface area contributed by atoms with E-state index in [1.54, 1.807) is 0 Å². The highest BCUT2D eigenvalue weighted by Crippen LogP contribution is 2.26. The highest BCUT2D eigenvalue weighted by molar-refractivity contribution is 7.89. The molecule has 1 aliphatic rings. The number of sulfonamides is 1. The van der Waals surface area contributed by atoms with Gasteiger partial charge in [-0.3, -0.25) is 4.90 Å². The van der Waals surface area contributed by atoms with Gasteiger partial charge in [0.15, 0.2) is 5.82 Å². The second-order valence-electron chi connectivity index (χ2n) is 5.94. The lowest BCUT2D eigenvalue weighted by Gasteiger charge is -2.30. The van der Waals surface area contributed by atoms with E-state index in [2.05, 4.69) is 31.7 Å². The average molecular weight is 381 g/mol. The van der Waals surface area contributed by atoms with E-state index in [9.17, 15) is 12.8 Å². The van der Waals surface area contributed by atoms with Crippen LogP contribution in [0.1, 0.15) is 11.9 Å². The van der Waals surface area contributed by atoms with Crippen LogP contribution >= 0.6 is 0 Å². The molecule has 1 aliphatic heterocycles. The normalized spacial score (nSPS) is 18.8. The summed E-state index contributed by atoms with van der Waals surface area (Å²) in [5.41, 5.74) is 0.329. The zero-order valence-corrected chi connectivity index (χ0v) is 15.1. The molecule has 2 N–H and O–H groups in total. The summed E-state index contributed by atoms with van der Waals surface area (Å²) in [6.45, 7) is 5.85. The molecular formula is C16H20FN5O3S. The first-order valence-corrected chi connectivity index (χ1v) is 9.56. The molecule has 1 aromatic heterocycles. The summed E-state index contributed by atoms with van der Waals surface area (Å²) in [5.74, 6) is -0.228. The quantitative estimate of drug-likeness (QED) is 0.718. The number of rotatable bonds is 6. The van der Waals surface area contributed by atoms with Crippen molar-refractivity contribution < 1.29 is 17.3 Å². The average Bonchev–Trinajstić information content (AvgIpc) is 3.10. The fourth-order valence-electron chi connectivity index (χ4n) is 2.67. The fourth-order valence-corrected chi connectivity index (χ4v) is 3.77. The SMILES string of the molecule is C=CCNS(=O)(=O)c1cc(-c2nc(C3CNCCN3C)no2)ccc1F. The Hall–Kier alpha value is -2.14. The van der Waals surface area contributed by atoms with Crippen LogP contribution in [0.25, 0.3) is 11.5 Å². The minimum atomic E-state index is -4.01. The Bertz CT molecular complexity index is 899. The molecule has 1 aromatic carbocycles. The lowest BCUT2D eigenvalue weighted by molar-refractivity contribution is 0.190. The Balaban J connectivity index is 1.91. The molecule has 1 atom stereocenters. The van der Waals surface area contributed by atoms with Gasteiger partial charge >= 0.3 is 0 Å². The summed E-state index contributed by atoms with van der Waals surface area (Å²) < 4.78 is 46.0. The Labute approximate surface area is 151 Å². The molecular weight excluding hydrogens is 361 g/mol. The van der Waals surface area contributed by atoms with Crippen LogP contribution in [-0.4, -0.2) is 56.7 Å². The van der Waals surface area contributed by atoms with E-state index >= 15 is 0 Å². The van der Waals surface area contributed by atoms with Gasteiger partial charge in [0.05, 0.1) is 6.04 Å². The molecule has 0 bridgehead atoms. The molecule has 0 radical (unpaired) electrons. The number of nitrogens with zero attached hydrogens (tertiary/aromatic N) is 3. The van der Waals surface area contributed by atoms with Gasteiger partial charge in [0.2, 0.25) is 10.0 Å². The van der Waals surface area contributed by atoms with E-state index in [1.807, 2.05) is 7.05 Å². The van der Waals surface area contributed by atoms with E-state index in [4.69, 9.17) is 4.52 Å². The number of likely N-dealkylation sites (N-methyl/N-ethyl adjacent to an activating group) is 1. The number of hydrogen-bond donors (Lipinski definition) is 2. The lowest BCUT2D eigenvalue weighted by Crippen LogP contribution is -2.44. The summed E-state index contributed by atoms with van der Waals surface area (Å²) in [6, 6.07) is 3.61. The maximum Gasteiger partial charge on any atom is 0.258 e. The molecule has 26 heavy (non-hydrogen) atoms. The van der Waals surface area contributed by atoms with Gasteiger partial charge in [0, 0.05) is 31.7 Å². The van der Waals surface area contributed by atoms with Crippen LogP contribution in [-0.2, 0) is 10.0 Å². The Kier molecular flexibility index (Phi) is 5.47. The predicted octanol–water partition coefficient (Wildman–Crippen LogP) is 0.916. The van der Waals surface area contributed by atoms with Crippen molar-refractivity contribution in [2.75, 3.05) is 33.2 Å². The van der Waals surface area contributed by atoms with Gasteiger partial charge in [-0.25, -0.2) is 17.5 Å².